The van der Waals surface area contributed by atoms with Gasteiger partial charge in [0.1, 0.15) is 23.5 Å². The van der Waals surface area contributed by atoms with E-state index in [2.05, 4.69) is 10.3 Å². The number of aromatic nitrogens is 4. The molecule has 5 aromatic rings. The van der Waals surface area contributed by atoms with E-state index >= 15 is 0 Å². The standard InChI is InChI=1S/C33H30F2N6OS/c1-21-37-16-17-40(21)26-13-9-25(10-14-26)39-30(42)33(4,5)43-31-38-20-29(41(31)27-11-7-24(34)8-12-27)32(2,3)23-6-15-28(35)22(18-23)19-36/h6-18,20H,1-5H3,(H,39,42). The molecule has 10 heteroatoms. The van der Waals surface area contributed by atoms with Crippen molar-refractivity contribution in [2.45, 2.75) is 49.9 Å². The summed E-state index contributed by atoms with van der Waals surface area (Å²) in [4.78, 5) is 22.5. The van der Waals surface area contributed by atoms with Gasteiger partial charge in [-0.2, -0.15) is 5.26 Å². The van der Waals surface area contributed by atoms with E-state index in [1.807, 2.05) is 80.3 Å². The smallest absolute Gasteiger partial charge is 0.240 e. The molecule has 3 aromatic carbocycles. The van der Waals surface area contributed by atoms with Gasteiger partial charge in [-0.3, -0.25) is 9.36 Å². The fourth-order valence-electron chi connectivity index (χ4n) is 4.75. The summed E-state index contributed by atoms with van der Waals surface area (Å²) in [5.41, 5.74) is 2.86. The largest absolute Gasteiger partial charge is 0.325 e. The van der Waals surface area contributed by atoms with Crippen LogP contribution in [0.3, 0.4) is 0 Å². The van der Waals surface area contributed by atoms with Crippen molar-refractivity contribution in [3.63, 3.8) is 0 Å². The molecule has 1 amide bonds. The first-order valence-electron chi connectivity index (χ1n) is 13.6. The molecule has 0 aliphatic rings. The summed E-state index contributed by atoms with van der Waals surface area (Å²) >= 11 is 1.27. The number of hydrogen-bond acceptors (Lipinski definition) is 5. The molecule has 2 heterocycles. The van der Waals surface area contributed by atoms with Crippen molar-refractivity contribution in [1.82, 2.24) is 19.1 Å². The van der Waals surface area contributed by atoms with Gasteiger partial charge < -0.3 is 9.88 Å². The van der Waals surface area contributed by atoms with E-state index in [4.69, 9.17) is 4.98 Å². The van der Waals surface area contributed by atoms with Crippen LogP contribution in [0.2, 0.25) is 0 Å². The van der Waals surface area contributed by atoms with Crippen LogP contribution in [0.25, 0.3) is 11.4 Å². The van der Waals surface area contributed by atoms with Crippen LogP contribution in [-0.4, -0.2) is 29.8 Å². The molecule has 0 fully saturated rings. The predicted molar refractivity (Wildman–Crippen MR) is 164 cm³/mol. The van der Waals surface area contributed by atoms with E-state index < -0.39 is 16.0 Å². The molecule has 43 heavy (non-hydrogen) atoms. The van der Waals surface area contributed by atoms with Gasteiger partial charge in [0, 0.05) is 34.9 Å². The van der Waals surface area contributed by atoms with Crippen LogP contribution >= 0.6 is 11.8 Å². The van der Waals surface area contributed by atoms with Crippen molar-refractivity contribution in [3.05, 3.63) is 120 Å². The zero-order valence-corrected chi connectivity index (χ0v) is 25.2. The van der Waals surface area contributed by atoms with E-state index in [9.17, 15) is 18.8 Å². The SMILES string of the molecule is Cc1nccn1-c1ccc(NC(=O)C(C)(C)Sc2ncc(C(C)(C)c3ccc(F)c(C#N)c3)n2-c2ccc(F)cc2)cc1. The van der Waals surface area contributed by atoms with Crippen molar-refractivity contribution < 1.29 is 13.6 Å². The highest BCUT2D eigenvalue weighted by Crippen LogP contribution is 2.40. The van der Waals surface area contributed by atoms with Crippen molar-refractivity contribution in [3.8, 4) is 17.4 Å². The lowest BCUT2D eigenvalue weighted by atomic mass is 9.81. The van der Waals surface area contributed by atoms with Gasteiger partial charge in [-0.15, -0.1) is 0 Å². The van der Waals surface area contributed by atoms with Crippen molar-refractivity contribution in [2.75, 3.05) is 5.32 Å². The highest BCUT2D eigenvalue weighted by atomic mass is 32.2. The zero-order chi connectivity index (χ0) is 30.9. The number of carbonyl (C=O) groups is 1. The minimum atomic E-state index is -0.964. The van der Waals surface area contributed by atoms with Crippen LogP contribution in [0.5, 0.6) is 0 Å². The van der Waals surface area contributed by atoms with Gasteiger partial charge in [-0.05, 0) is 87.0 Å². The van der Waals surface area contributed by atoms with Gasteiger partial charge in [-0.25, -0.2) is 18.7 Å². The lowest BCUT2D eigenvalue weighted by Gasteiger charge is -2.29. The van der Waals surface area contributed by atoms with Gasteiger partial charge in [0.25, 0.3) is 0 Å². The molecule has 0 unspecified atom stereocenters. The number of anilines is 1. The van der Waals surface area contributed by atoms with E-state index in [1.165, 1.54) is 36.0 Å². The molecule has 0 aliphatic carbocycles. The Kier molecular flexibility index (Phi) is 7.95. The molecule has 0 atom stereocenters. The van der Waals surface area contributed by atoms with E-state index in [0.29, 0.717) is 22.1 Å². The summed E-state index contributed by atoms with van der Waals surface area (Å²) in [6, 6.07) is 19.9. The van der Waals surface area contributed by atoms with Crippen LogP contribution in [0.1, 0.15) is 50.3 Å². The first kappa shape index (κ1) is 29.7. The Morgan fingerprint density at radius 2 is 1.63 bits per heavy atom. The molecule has 7 nitrogen and oxygen atoms in total. The Morgan fingerprint density at radius 1 is 0.953 bits per heavy atom. The number of rotatable bonds is 8. The first-order valence-corrected chi connectivity index (χ1v) is 14.4. The lowest BCUT2D eigenvalue weighted by Crippen LogP contribution is -2.34. The third-order valence-corrected chi connectivity index (χ3v) is 8.55. The van der Waals surface area contributed by atoms with Gasteiger partial charge in [0.2, 0.25) is 5.91 Å². The number of carbonyl (C=O) groups excluding carboxylic acids is 1. The summed E-state index contributed by atoms with van der Waals surface area (Å²) in [6.45, 7) is 9.42. The number of amides is 1. The summed E-state index contributed by atoms with van der Waals surface area (Å²) in [5.74, 6) is -0.344. The van der Waals surface area contributed by atoms with Gasteiger partial charge >= 0.3 is 0 Å². The Labute approximate surface area is 253 Å². The van der Waals surface area contributed by atoms with Crippen molar-refractivity contribution in [2.24, 2.45) is 0 Å². The maximum Gasteiger partial charge on any atom is 0.240 e. The maximum absolute atomic E-state index is 14.1. The Balaban J connectivity index is 1.46. The quantitative estimate of drug-likeness (QED) is 0.189. The predicted octanol–water partition coefficient (Wildman–Crippen LogP) is 7.35. The molecular weight excluding hydrogens is 566 g/mol. The molecule has 218 valence electrons. The Morgan fingerprint density at radius 3 is 2.26 bits per heavy atom. The van der Waals surface area contributed by atoms with Crippen LogP contribution < -0.4 is 5.32 Å². The number of imidazole rings is 2. The summed E-state index contributed by atoms with van der Waals surface area (Å²) < 4.78 is 30.9. The van der Waals surface area contributed by atoms with Crippen LogP contribution in [0.4, 0.5) is 14.5 Å². The van der Waals surface area contributed by atoms with Crippen molar-refractivity contribution in [1.29, 1.82) is 5.26 Å². The number of nitriles is 1. The number of benzene rings is 3. The van der Waals surface area contributed by atoms with E-state index in [0.717, 1.165) is 17.2 Å². The number of nitrogens with one attached hydrogen (secondary N) is 1. The number of halogens is 2. The summed E-state index contributed by atoms with van der Waals surface area (Å²) in [7, 11) is 0. The van der Waals surface area contributed by atoms with Crippen molar-refractivity contribution >= 4 is 23.4 Å². The summed E-state index contributed by atoms with van der Waals surface area (Å²) in [5, 5.41) is 12.9. The number of thioether (sulfide) groups is 1. The normalized spacial score (nSPS) is 11.8. The third kappa shape index (κ3) is 5.94. The second kappa shape index (κ2) is 11.5. The Hall–Kier alpha value is -4.75. The average molecular weight is 597 g/mol. The maximum atomic E-state index is 14.1. The van der Waals surface area contributed by atoms with Crippen LogP contribution in [-0.2, 0) is 10.2 Å². The van der Waals surface area contributed by atoms with Crippen LogP contribution in [0, 0.1) is 29.9 Å². The van der Waals surface area contributed by atoms with Crippen LogP contribution in [0.15, 0.2) is 90.5 Å². The fraction of sp³-hybridized carbons (Fsp3) is 0.212. The highest BCUT2D eigenvalue weighted by Gasteiger charge is 2.35. The molecule has 0 saturated carbocycles. The average Bonchev–Trinajstić information content (AvgIpc) is 3.60. The monoisotopic (exact) mass is 596 g/mol. The minimum absolute atomic E-state index is 0.0565. The number of aryl methyl sites for hydroxylation is 1. The molecule has 1 N–H and O–H groups in total. The number of hydrogen-bond donors (Lipinski definition) is 1. The minimum Gasteiger partial charge on any atom is -0.325 e. The zero-order valence-electron chi connectivity index (χ0n) is 24.4. The second-order valence-corrected chi connectivity index (χ2v) is 12.7. The highest BCUT2D eigenvalue weighted by molar-refractivity contribution is 8.01. The third-order valence-electron chi connectivity index (χ3n) is 7.39. The molecule has 2 aromatic heterocycles. The van der Waals surface area contributed by atoms with E-state index in [-0.39, 0.29) is 17.3 Å². The fourth-order valence-corrected chi connectivity index (χ4v) is 5.75. The second-order valence-electron chi connectivity index (χ2n) is 11.1. The van der Waals surface area contributed by atoms with Gasteiger partial charge in [-0.1, -0.05) is 31.7 Å². The molecule has 0 radical (unpaired) electrons. The van der Waals surface area contributed by atoms with Gasteiger partial charge in [0.15, 0.2) is 5.16 Å². The van der Waals surface area contributed by atoms with E-state index in [1.54, 1.807) is 30.6 Å². The molecule has 0 saturated heterocycles. The molecular formula is C33H30F2N6OS. The molecule has 5 rings (SSSR count). The number of nitrogens with zero attached hydrogens (tertiary/aromatic N) is 5. The molecule has 0 aliphatic heterocycles. The Bertz CT molecular complexity index is 1830. The first-order chi connectivity index (χ1) is 20.4. The summed E-state index contributed by atoms with van der Waals surface area (Å²) in [6.07, 6.45) is 5.31. The topological polar surface area (TPSA) is 88.5 Å². The molecule has 0 bridgehead atoms. The molecule has 0 spiro atoms. The van der Waals surface area contributed by atoms with Gasteiger partial charge in [0.05, 0.1) is 22.2 Å². The lowest BCUT2D eigenvalue weighted by molar-refractivity contribution is -0.117.